The second-order valence-corrected chi connectivity index (χ2v) is 8.62. The molecule has 1 N–H and O–H groups in total. The number of azo groups is 1. The van der Waals surface area contributed by atoms with Gasteiger partial charge in [-0.25, -0.2) is 21.5 Å². The number of rotatable bonds is 6. The summed E-state index contributed by atoms with van der Waals surface area (Å²) in [6, 6.07) is 8.16. The minimum Gasteiger partial charge on any atom is -0.744 e. The molecule has 162 valence electrons. The Morgan fingerprint density at radius 3 is 1.65 bits per heavy atom. The summed E-state index contributed by atoms with van der Waals surface area (Å²) < 4.78 is 66.5. The second kappa shape index (κ2) is 14.4. The fraction of sp³-hybridized carbons (Fsp3) is 0. The molecule has 0 spiro atoms. The number of carbonyl (C=O) groups is 1. The van der Waals surface area contributed by atoms with Crippen molar-refractivity contribution < 1.29 is 190 Å². The Kier molecular flexibility index (Phi) is 14.9. The number of H-pyrrole nitrogens is 1. The third-order valence-electron chi connectivity index (χ3n) is 3.84. The van der Waals surface area contributed by atoms with Crippen LogP contribution in [0.1, 0.15) is 10.5 Å². The predicted molar refractivity (Wildman–Crippen MR) is 97.3 cm³/mol. The fourth-order valence-corrected chi connectivity index (χ4v) is 3.33. The van der Waals surface area contributed by atoms with E-state index < -0.39 is 52.9 Å². The quantitative estimate of drug-likeness (QED) is 0.165. The minimum atomic E-state index is -4.72. The van der Waals surface area contributed by atoms with Crippen molar-refractivity contribution in [3.8, 4) is 5.69 Å². The molecule has 0 aliphatic heterocycles. The van der Waals surface area contributed by atoms with Crippen LogP contribution in [0.3, 0.4) is 0 Å². The molecule has 0 saturated carbocycles. The zero-order valence-electron chi connectivity index (χ0n) is 18.0. The zero-order chi connectivity index (χ0) is 23.0. The van der Waals surface area contributed by atoms with E-state index >= 15 is 0 Å². The number of aromatic amines is 1. The van der Waals surface area contributed by atoms with Gasteiger partial charge in [0.25, 0.3) is 5.56 Å². The number of aromatic nitrogens is 2. The molecule has 0 fully saturated rings. The van der Waals surface area contributed by atoms with Gasteiger partial charge in [0.2, 0.25) is 0 Å². The number of carboxylic acids is 1. The van der Waals surface area contributed by atoms with Gasteiger partial charge < -0.3 is 19.0 Å². The number of benzene rings is 2. The molecular weight excluding hydrogens is 574 g/mol. The standard InChI is InChI=1S/C16H12N4O9S2.3K/c21-15-13(18-17-9-1-5-11(6-2-9)30(24,25)26)14(16(22)23)19-20(15)10-3-7-12(8-4-10)31(27,28)29;;;/h1-8,19H,(H,22,23)(H,24,25,26)(H,27,28,29);;;/q;3*+1/p-3. The van der Waals surface area contributed by atoms with E-state index in [1.165, 1.54) is 0 Å². The van der Waals surface area contributed by atoms with E-state index in [0.29, 0.717) is 4.68 Å². The van der Waals surface area contributed by atoms with E-state index in [4.69, 9.17) is 0 Å². The molecule has 18 heteroatoms. The van der Waals surface area contributed by atoms with Crippen LogP contribution >= 0.6 is 0 Å². The van der Waals surface area contributed by atoms with Crippen molar-refractivity contribution in [1.82, 2.24) is 9.78 Å². The molecule has 3 aromatic rings. The van der Waals surface area contributed by atoms with Gasteiger partial charge in [0, 0.05) is 0 Å². The molecule has 0 bridgehead atoms. The van der Waals surface area contributed by atoms with Crippen molar-refractivity contribution in [2.45, 2.75) is 9.79 Å². The van der Waals surface area contributed by atoms with E-state index in [1.54, 1.807) is 0 Å². The normalized spacial score (nSPS) is 11.2. The van der Waals surface area contributed by atoms with Crippen LogP contribution in [-0.2, 0) is 20.2 Å². The number of hydrogen-bond acceptors (Lipinski definition) is 11. The number of aromatic carboxylic acids is 1. The Morgan fingerprint density at radius 1 is 0.794 bits per heavy atom. The molecule has 1 aromatic heterocycles. The topological polar surface area (TPSA) is 217 Å². The largest absolute Gasteiger partial charge is 1.00 e. The number of nitrogens with zero attached hydrogens (tertiary/aromatic N) is 3. The summed E-state index contributed by atoms with van der Waals surface area (Å²) >= 11 is 0. The smallest absolute Gasteiger partial charge is 0.744 e. The molecule has 0 unspecified atom stereocenters. The van der Waals surface area contributed by atoms with Crippen molar-refractivity contribution in [3.63, 3.8) is 0 Å². The summed E-state index contributed by atoms with van der Waals surface area (Å²) in [5.74, 6) is -1.80. The average Bonchev–Trinajstić information content (AvgIpc) is 3.02. The molecule has 0 amide bonds. The summed E-state index contributed by atoms with van der Waals surface area (Å²) in [6.07, 6.45) is 0. The average molecular weight is 583 g/mol. The number of carboxylic acid groups (broad SMARTS) is 1. The van der Waals surface area contributed by atoms with Crippen LogP contribution in [0.25, 0.3) is 5.69 Å². The maximum atomic E-state index is 12.6. The molecule has 0 atom stereocenters. The van der Waals surface area contributed by atoms with Gasteiger partial charge in [-0.15, -0.1) is 5.11 Å². The molecule has 0 saturated heterocycles. The van der Waals surface area contributed by atoms with Gasteiger partial charge in [0.05, 0.1) is 27.1 Å². The van der Waals surface area contributed by atoms with Crippen molar-refractivity contribution in [2.75, 3.05) is 0 Å². The van der Waals surface area contributed by atoms with Gasteiger partial charge in [-0.1, -0.05) is 0 Å². The monoisotopic (exact) mass is 582 g/mol. The van der Waals surface area contributed by atoms with Crippen LogP contribution < -0.4 is 165 Å². The number of hydrogen-bond donors (Lipinski definition) is 1. The van der Waals surface area contributed by atoms with E-state index in [9.17, 15) is 40.6 Å². The predicted octanol–water partition coefficient (Wildman–Crippen LogP) is -9.24. The first-order chi connectivity index (χ1) is 14.4. The number of nitrogens with one attached hydrogen (secondary N) is 1. The Morgan fingerprint density at radius 2 is 1.24 bits per heavy atom. The van der Waals surface area contributed by atoms with Gasteiger partial charge in [-0.2, -0.15) is 5.11 Å². The maximum absolute atomic E-state index is 12.6. The molecular formula is C16H9K3N4O9S2. The zero-order valence-corrected chi connectivity index (χ0v) is 29.0. The Labute approximate surface area is 320 Å². The Bertz CT molecular complexity index is 1470. The van der Waals surface area contributed by atoms with Crippen LogP contribution in [0.5, 0.6) is 0 Å². The van der Waals surface area contributed by atoms with Crippen molar-refractivity contribution in [2.24, 2.45) is 10.2 Å². The third-order valence-corrected chi connectivity index (χ3v) is 5.54. The second-order valence-electron chi connectivity index (χ2n) is 5.86. The SMILES string of the molecule is O=C([O-])c1[nH]n(-c2ccc(S(=O)(=O)[O-])cc2)c(=O)c1N=Nc1ccc(S(=O)(=O)[O-])cc1.[K+].[K+].[K+]. The van der Waals surface area contributed by atoms with Gasteiger partial charge in [-0.3, -0.25) is 9.89 Å². The molecule has 0 aliphatic carbocycles. The molecule has 2 aromatic carbocycles. The van der Waals surface area contributed by atoms with E-state index in [0.717, 1.165) is 48.5 Å². The van der Waals surface area contributed by atoms with Crippen LogP contribution in [-0.4, -0.2) is 41.7 Å². The van der Waals surface area contributed by atoms with Crippen LogP contribution in [0.2, 0.25) is 0 Å². The van der Waals surface area contributed by atoms with Crippen LogP contribution in [0, 0.1) is 0 Å². The van der Waals surface area contributed by atoms with Gasteiger partial charge in [0.1, 0.15) is 25.9 Å². The fourth-order valence-electron chi connectivity index (χ4n) is 2.39. The van der Waals surface area contributed by atoms with Gasteiger partial charge >= 0.3 is 154 Å². The summed E-state index contributed by atoms with van der Waals surface area (Å²) in [7, 11) is -9.40. The van der Waals surface area contributed by atoms with Crippen molar-refractivity contribution in [3.05, 3.63) is 64.6 Å². The Hall–Kier alpha value is 1.25. The van der Waals surface area contributed by atoms with E-state index in [-0.39, 0.29) is 166 Å². The van der Waals surface area contributed by atoms with Gasteiger partial charge in [0.15, 0.2) is 5.69 Å². The first-order valence-electron chi connectivity index (χ1n) is 7.98. The number of carbonyl (C=O) groups excluding carboxylic acids is 1. The van der Waals surface area contributed by atoms with Gasteiger partial charge in [-0.05, 0) is 48.5 Å². The summed E-state index contributed by atoms with van der Waals surface area (Å²) in [6.45, 7) is 0. The van der Waals surface area contributed by atoms with E-state index in [2.05, 4.69) is 15.3 Å². The third kappa shape index (κ3) is 8.92. The van der Waals surface area contributed by atoms with Crippen molar-refractivity contribution in [1.29, 1.82) is 0 Å². The molecule has 1 heterocycles. The molecule has 34 heavy (non-hydrogen) atoms. The molecule has 3 rings (SSSR count). The van der Waals surface area contributed by atoms with E-state index in [1.807, 2.05) is 0 Å². The maximum Gasteiger partial charge on any atom is 1.00 e. The first-order valence-corrected chi connectivity index (χ1v) is 10.8. The summed E-state index contributed by atoms with van der Waals surface area (Å²) in [5, 5.41) is 20.8. The molecule has 13 nitrogen and oxygen atoms in total. The van der Waals surface area contributed by atoms with Crippen LogP contribution in [0.15, 0.2) is 73.3 Å². The first kappa shape index (κ1) is 35.2. The summed E-state index contributed by atoms with van der Waals surface area (Å²) in [4.78, 5) is 22.8. The molecule has 0 radical (unpaired) electrons. The van der Waals surface area contributed by atoms with Crippen molar-refractivity contribution >= 4 is 37.6 Å². The summed E-state index contributed by atoms with van der Waals surface area (Å²) in [5.41, 5.74) is -2.39. The van der Waals surface area contributed by atoms with Crippen LogP contribution in [0.4, 0.5) is 11.4 Å². The molecule has 0 aliphatic rings. The minimum absolute atomic E-state index is 0. The Balaban J connectivity index is 0.00000363.